The lowest BCUT2D eigenvalue weighted by Gasteiger charge is -2.09. The van der Waals surface area contributed by atoms with Crippen molar-refractivity contribution in [3.8, 4) is 11.6 Å². The molecule has 8 nitrogen and oxygen atoms in total. The molecule has 0 aliphatic rings. The Labute approximate surface area is 176 Å². The molecule has 0 saturated heterocycles. The van der Waals surface area contributed by atoms with Crippen molar-refractivity contribution >= 4 is 40.9 Å². The van der Waals surface area contributed by atoms with Gasteiger partial charge in [0.15, 0.2) is 23.3 Å². The number of anilines is 1. The maximum atomic E-state index is 12.0. The molecule has 0 fully saturated rings. The number of carbonyl (C=O) groups is 2. The first kappa shape index (κ1) is 20.9. The molecular formula is C19H19ClN4O4S. The Morgan fingerprint density at radius 1 is 1.31 bits per heavy atom. The molecule has 0 saturated carbocycles. The van der Waals surface area contributed by atoms with Crippen LogP contribution in [0.5, 0.6) is 0 Å². The van der Waals surface area contributed by atoms with Crippen LogP contribution in [-0.2, 0) is 20.9 Å². The summed E-state index contributed by atoms with van der Waals surface area (Å²) < 4.78 is 12.2. The normalized spacial score (nSPS) is 10.7. The van der Waals surface area contributed by atoms with E-state index in [1.165, 1.54) is 11.8 Å². The summed E-state index contributed by atoms with van der Waals surface area (Å²) in [7, 11) is 0. The molecule has 1 amide bonds. The van der Waals surface area contributed by atoms with Gasteiger partial charge in [0.25, 0.3) is 5.91 Å². The van der Waals surface area contributed by atoms with Gasteiger partial charge in [-0.2, -0.15) is 0 Å². The fourth-order valence-corrected chi connectivity index (χ4v) is 3.57. The summed E-state index contributed by atoms with van der Waals surface area (Å²) in [6.45, 7) is 4.05. The van der Waals surface area contributed by atoms with E-state index in [4.69, 9.17) is 20.8 Å². The lowest BCUT2D eigenvalue weighted by Crippen LogP contribution is -2.21. The van der Waals surface area contributed by atoms with E-state index in [-0.39, 0.29) is 5.75 Å². The number of esters is 1. The molecule has 2 heterocycles. The molecule has 3 rings (SSSR count). The molecule has 0 unspecified atom stereocenters. The van der Waals surface area contributed by atoms with E-state index in [0.29, 0.717) is 34.0 Å². The van der Waals surface area contributed by atoms with Crippen LogP contribution in [0, 0.1) is 6.92 Å². The van der Waals surface area contributed by atoms with Gasteiger partial charge < -0.3 is 14.5 Å². The summed E-state index contributed by atoms with van der Waals surface area (Å²) >= 11 is 7.25. The summed E-state index contributed by atoms with van der Waals surface area (Å²) in [5, 5.41) is 11.8. The van der Waals surface area contributed by atoms with Crippen molar-refractivity contribution < 1.29 is 18.7 Å². The van der Waals surface area contributed by atoms with E-state index in [1.54, 1.807) is 30.5 Å². The van der Waals surface area contributed by atoms with Gasteiger partial charge in [0, 0.05) is 6.54 Å². The molecule has 0 bridgehead atoms. The van der Waals surface area contributed by atoms with E-state index in [9.17, 15) is 9.59 Å². The molecule has 1 N–H and O–H groups in total. The van der Waals surface area contributed by atoms with Crippen LogP contribution in [0.25, 0.3) is 11.6 Å². The second-order valence-electron chi connectivity index (χ2n) is 6.01. The summed E-state index contributed by atoms with van der Waals surface area (Å²) in [4.78, 5) is 24.0. The number of halogens is 1. The minimum Gasteiger partial charge on any atom is -0.461 e. The topological polar surface area (TPSA) is 99.2 Å². The zero-order chi connectivity index (χ0) is 20.8. The summed E-state index contributed by atoms with van der Waals surface area (Å²) in [5.41, 5.74) is 1.45. The molecule has 152 valence electrons. The highest BCUT2D eigenvalue weighted by Gasteiger charge is 2.17. The van der Waals surface area contributed by atoms with Gasteiger partial charge in [0.2, 0.25) is 0 Å². The number of rotatable bonds is 8. The van der Waals surface area contributed by atoms with Gasteiger partial charge in [-0.05, 0) is 43.7 Å². The second-order valence-corrected chi connectivity index (χ2v) is 7.36. The smallest absolute Gasteiger partial charge is 0.316 e. The van der Waals surface area contributed by atoms with Crippen LogP contribution in [-0.4, -0.2) is 39.0 Å². The van der Waals surface area contributed by atoms with E-state index in [1.807, 2.05) is 24.5 Å². The first-order chi connectivity index (χ1) is 14.0. The predicted molar refractivity (Wildman–Crippen MR) is 110 cm³/mol. The number of hydrogen-bond donors (Lipinski definition) is 1. The highest BCUT2D eigenvalue weighted by Crippen LogP contribution is 2.24. The van der Waals surface area contributed by atoms with E-state index < -0.39 is 18.5 Å². The average Bonchev–Trinajstić information content (AvgIpc) is 3.36. The molecule has 0 aliphatic heterocycles. The molecular weight excluding hydrogens is 416 g/mol. The number of aryl methyl sites for hydroxylation is 1. The molecule has 0 aliphatic carbocycles. The molecule has 3 aromatic rings. The Kier molecular flexibility index (Phi) is 6.95. The van der Waals surface area contributed by atoms with Gasteiger partial charge in [-0.25, -0.2) is 0 Å². The van der Waals surface area contributed by atoms with E-state index in [2.05, 4.69) is 15.5 Å². The van der Waals surface area contributed by atoms with Crippen molar-refractivity contribution in [2.24, 2.45) is 0 Å². The van der Waals surface area contributed by atoms with Gasteiger partial charge in [-0.15, -0.1) is 10.2 Å². The van der Waals surface area contributed by atoms with Crippen LogP contribution < -0.4 is 5.32 Å². The van der Waals surface area contributed by atoms with Gasteiger partial charge >= 0.3 is 5.97 Å². The molecule has 0 radical (unpaired) electrons. The van der Waals surface area contributed by atoms with E-state index >= 15 is 0 Å². The second kappa shape index (κ2) is 9.62. The van der Waals surface area contributed by atoms with Crippen LogP contribution in [0.1, 0.15) is 12.5 Å². The van der Waals surface area contributed by atoms with Crippen LogP contribution in [0.15, 0.2) is 46.2 Å². The third-order valence-electron chi connectivity index (χ3n) is 3.86. The molecule has 2 aromatic heterocycles. The SMILES string of the molecule is CCn1c(SCC(=O)OCC(=O)Nc2ccc(C)cc2Cl)nnc1-c1ccco1. The number of furan rings is 1. The number of carbonyl (C=O) groups excluding carboxylic acids is 2. The number of amides is 1. The number of nitrogens with zero attached hydrogens (tertiary/aromatic N) is 3. The Morgan fingerprint density at radius 2 is 2.14 bits per heavy atom. The Balaban J connectivity index is 1.49. The lowest BCUT2D eigenvalue weighted by molar-refractivity contribution is -0.144. The highest BCUT2D eigenvalue weighted by molar-refractivity contribution is 7.99. The third kappa shape index (κ3) is 5.39. The number of hydrogen-bond acceptors (Lipinski definition) is 7. The first-order valence-electron chi connectivity index (χ1n) is 8.79. The zero-order valence-corrected chi connectivity index (χ0v) is 17.4. The molecule has 0 atom stereocenters. The quantitative estimate of drug-likeness (QED) is 0.425. The number of thioether (sulfide) groups is 1. The third-order valence-corrected chi connectivity index (χ3v) is 5.11. The number of benzene rings is 1. The zero-order valence-electron chi connectivity index (χ0n) is 15.8. The Hall–Kier alpha value is -2.78. The predicted octanol–water partition coefficient (Wildman–Crippen LogP) is 3.79. The fourth-order valence-electron chi connectivity index (χ4n) is 2.49. The summed E-state index contributed by atoms with van der Waals surface area (Å²) in [6, 6.07) is 8.81. The monoisotopic (exact) mass is 434 g/mol. The largest absolute Gasteiger partial charge is 0.461 e. The van der Waals surface area contributed by atoms with Gasteiger partial charge in [-0.1, -0.05) is 29.4 Å². The molecule has 0 spiro atoms. The average molecular weight is 435 g/mol. The standard InChI is InChI=1S/C19H19ClN4O4S/c1-3-24-18(15-5-4-8-27-15)22-23-19(24)29-11-17(26)28-10-16(25)21-14-7-6-12(2)9-13(14)20/h4-9H,3,10-11H2,1-2H3,(H,21,25). The first-order valence-corrected chi connectivity index (χ1v) is 10.2. The minimum absolute atomic E-state index is 0.00510. The minimum atomic E-state index is -0.537. The lowest BCUT2D eigenvalue weighted by atomic mass is 10.2. The van der Waals surface area contributed by atoms with Gasteiger partial charge in [0.05, 0.1) is 22.7 Å². The molecule has 10 heteroatoms. The van der Waals surface area contributed by atoms with Crippen LogP contribution in [0.3, 0.4) is 0 Å². The maximum absolute atomic E-state index is 12.0. The van der Waals surface area contributed by atoms with Gasteiger partial charge in [-0.3, -0.25) is 14.2 Å². The van der Waals surface area contributed by atoms with Crippen molar-refractivity contribution in [3.05, 3.63) is 47.2 Å². The van der Waals surface area contributed by atoms with Gasteiger partial charge in [0.1, 0.15) is 0 Å². The number of ether oxygens (including phenoxy) is 1. The van der Waals surface area contributed by atoms with Crippen LogP contribution in [0.4, 0.5) is 5.69 Å². The number of nitrogens with one attached hydrogen (secondary N) is 1. The summed E-state index contributed by atoms with van der Waals surface area (Å²) in [5.74, 6) is 0.175. The Bertz CT molecular complexity index is 1000. The summed E-state index contributed by atoms with van der Waals surface area (Å²) in [6.07, 6.45) is 1.56. The van der Waals surface area contributed by atoms with Crippen LogP contribution >= 0.6 is 23.4 Å². The van der Waals surface area contributed by atoms with Crippen molar-refractivity contribution in [1.29, 1.82) is 0 Å². The van der Waals surface area contributed by atoms with Crippen molar-refractivity contribution in [1.82, 2.24) is 14.8 Å². The van der Waals surface area contributed by atoms with Crippen LogP contribution in [0.2, 0.25) is 5.02 Å². The molecule has 29 heavy (non-hydrogen) atoms. The Morgan fingerprint density at radius 3 is 2.83 bits per heavy atom. The maximum Gasteiger partial charge on any atom is 0.316 e. The van der Waals surface area contributed by atoms with Crippen molar-refractivity contribution in [2.45, 2.75) is 25.5 Å². The van der Waals surface area contributed by atoms with E-state index in [0.717, 1.165) is 5.56 Å². The van der Waals surface area contributed by atoms with Crippen molar-refractivity contribution in [2.75, 3.05) is 17.7 Å². The fraction of sp³-hybridized carbons (Fsp3) is 0.263. The molecule has 1 aromatic carbocycles. The van der Waals surface area contributed by atoms with Crippen molar-refractivity contribution in [3.63, 3.8) is 0 Å². The number of aromatic nitrogens is 3. The highest BCUT2D eigenvalue weighted by atomic mass is 35.5.